The number of nitrogens with one attached hydrogen (secondary N) is 1. The molecule has 1 aliphatic heterocycles. The molecule has 4 heterocycles. The Balaban J connectivity index is 1.58. The van der Waals surface area contributed by atoms with Gasteiger partial charge in [-0.1, -0.05) is 0 Å². The molecule has 37 heavy (non-hydrogen) atoms. The summed E-state index contributed by atoms with van der Waals surface area (Å²) in [7, 11) is -1.85. The van der Waals surface area contributed by atoms with Gasteiger partial charge in [-0.25, -0.2) is 32.7 Å². The van der Waals surface area contributed by atoms with Gasteiger partial charge in [0.05, 0.1) is 30.9 Å². The highest BCUT2D eigenvalue weighted by molar-refractivity contribution is 7.88. The first-order valence-electron chi connectivity index (χ1n) is 11.8. The van der Waals surface area contributed by atoms with Crippen LogP contribution in [0, 0.1) is 12.7 Å². The largest absolute Gasteiger partial charge is 0.479 e. The Hall–Kier alpha value is -3.42. The fourth-order valence-electron chi connectivity index (χ4n) is 4.32. The predicted molar refractivity (Wildman–Crippen MR) is 140 cm³/mol. The van der Waals surface area contributed by atoms with Crippen LogP contribution in [0.15, 0.2) is 30.6 Å². The first-order chi connectivity index (χ1) is 17.5. The third-order valence-corrected chi connectivity index (χ3v) is 7.50. The Labute approximate surface area is 216 Å². The molecule has 3 aromatic rings. The molecular formula is C24H31FN8O3S. The van der Waals surface area contributed by atoms with Crippen molar-refractivity contribution in [1.29, 1.82) is 0 Å². The summed E-state index contributed by atoms with van der Waals surface area (Å²) in [5.41, 5.74) is 8.61. The van der Waals surface area contributed by atoms with E-state index in [1.807, 2.05) is 13.0 Å². The average molecular weight is 531 g/mol. The quantitative estimate of drug-likeness (QED) is 0.446. The average Bonchev–Trinajstić information content (AvgIpc) is 2.83. The highest BCUT2D eigenvalue weighted by atomic mass is 32.2. The molecule has 3 aromatic heterocycles. The monoisotopic (exact) mass is 530 g/mol. The number of anilines is 3. The number of pyridine rings is 2. The molecule has 1 fully saturated rings. The highest BCUT2D eigenvalue weighted by Crippen LogP contribution is 2.30. The minimum atomic E-state index is -3.20. The molecule has 0 spiro atoms. The van der Waals surface area contributed by atoms with Crippen molar-refractivity contribution in [2.24, 2.45) is 0 Å². The zero-order valence-electron chi connectivity index (χ0n) is 21.3. The van der Waals surface area contributed by atoms with Crippen LogP contribution in [0.4, 0.5) is 21.7 Å². The molecule has 198 valence electrons. The zero-order chi connectivity index (χ0) is 26.7. The van der Waals surface area contributed by atoms with Crippen molar-refractivity contribution in [2.75, 3.05) is 50.6 Å². The Morgan fingerprint density at radius 3 is 2.62 bits per heavy atom. The van der Waals surface area contributed by atoms with Gasteiger partial charge in [0.15, 0.2) is 5.82 Å². The molecule has 3 N–H and O–H groups in total. The smallest absolute Gasteiger partial charge is 0.250 e. The van der Waals surface area contributed by atoms with Crippen molar-refractivity contribution in [3.63, 3.8) is 0 Å². The number of halogens is 1. The van der Waals surface area contributed by atoms with Crippen molar-refractivity contribution < 1.29 is 17.5 Å². The van der Waals surface area contributed by atoms with Crippen molar-refractivity contribution in [1.82, 2.24) is 29.1 Å². The van der Waals surface area contributed by atoms with E-state index in [1.165, 1.54) is 29.9 Å². The van der Waals surface area contributed by atoms with Gasteiger partial charge in [-0.3, -0.25) is 4.90 Å². The second kappa shape index (κ2) is 10.9. The standard InChI is InChI=1S/C24H31FN8O3S/c1-15-14-33(37(4,34)35)8-7-32(15)6-5-17-9-19(21-11-22(26)30-16(2)29-21)23(27-12-17)31-18-10-20(25)24(36-3)28-13-18/h9-13,15H,5-8,14H2,1-4H3,(H,27,31)(H2,26,29,30)/t15-/m0/s1. The summed E-state index contributed by atoms with van der Waals surface area (Å²) < 4.78 is 44.4. The molecule has 0 bridgehead atoms. The number of nitrogen functional groups attached to an aromatic ring is 1. The number of piperazine rings is 1. The van der Waals surface area contributed by atoms with Crippen LogP contribution < -0.4 is 15.8 Å². The number of methoxy groups -OCH3 is 1. The normalized spacial score (nSPS) is 17.1. The maximum atomic E-state index is 14.2. The van der Waals surface area contributed by atoms with E-state index in [-0.39, 0.29) is 11.9 Å². The molecule has 11 nitrogen and oxygen atoms in total. The topological polar surface area (TPSA) is 139 Å². The number of rotatable bonds is 8. The minimum Gasteiger partial charge on any atom is -0.479 e. The van der Waals surface area contributed by atoms with Gasteiger partial charge >= 0.3 is 0 Å². The third kappa shape index (κ3) is 6.48. The van der Waals surface area contributed by atoms with Gasteiger partial charge in [-0.05, 0) is 31.9 Å². The Morgan fingerprint density at radius 2 is 1.97 bits per heavy atom. The van der Waals surface area contributed by atoms with Gasteiger partial charge in [0.2, 0.25) is 15.9 Å². The van der Waals surface area contributed by atoms with Gasteiger partial charge in [0, 0.05) is 56.1 Å². The number of hydrogen-bond acceptors (Lipinski definition) is 10. The number of sulfonamides is 1. The fraction of sp³-hybridized carbons (Fsp3) is 0.417. The van der Waals surface area contributed by atoms with Crippen LogP contribution in [0.25, 0.3) is 11.3 Å². The van der Waals surface area contributed by atoms with Gasteiger partial charge < -0.3 is 15.8 Å². The first kappa shape index (κ1) is 26.6. The molecule has 0 unspecified atom stereocenters. The molecule has 1 atom stereocenters. The maximum absolute atomic E-state index is 14.2. The van der Waals surface area contributed by atoms with Crippen LogP contribution in [-0.2, 0) is 16.4 Å². The highest BCUT2D eigenvalue weighted by Gasteiger charge is 2.28. The summed E-state index contributed by atoms with van der Waals surface area (Å²) in [6.45, 7) is 6.13. The molecule has 0 amide bonds. The van der Waals surface area contributed by atoms with E-state index in [9.17, 15) is 12.8 Å². The fourth-order valence-corrected chi connectivity index (χ4v) is 5.22. The number of aromatic nitrogens is 4. The number of hydrogen-bond donors (Lipinski definition) is 2. The second-order valence-corrected chi connectivity index (χ2v) is 11.0. The lowest BCUT2D eigenvalue weighted by atomic mass is 10.1. The van der Waals surface area contributed by atoms with Gasteiger partial charge in [-0.15, -0.1) is 0 Å². The molecular weight excluding hydrogens is 499 g/mol. The Bertz CT molecular complexity index is 1370. The van der Waals surface area contributed by atoms with E-state index in [1.54, 1.807) is 19.2 Å². The SMILES string of the molecule is COc1ncc(Nc2ncc(CCN3CCN(S(C)(=O)=O)C[C@@H]3C)cc2-c2cc(N)nc(C)n2)cc1F. The third-order valence-electron chi connectivity index (χ3n) is 6.23. The summed E-state index contributed by atoms with van der Waals surface area (Å²) in [4.78, 5) is 19.5. The summed E-state index contributed by atoms with van der Waals surface area (Å²) >= 11 is 0. The summed E-state index contributed by atoms with van der Waals surface area (Å²) in [5, 5.41) is 3.12. The molecule has 0 aliphatic carbocycles. The van der Waals surface area contributed by atoms with Crippen LogP contribution in [0.2, 0.25) is 0 Å². The second-order valence-electron chi connectivity index (χ2n) is 9.06. The van der Waals surface area contributed by atoms with Gasteiger partial charge in [0.25, 0.3) is 0 Å². The van der Waals surface area contributed by atoms with E-state index in [4.69, 9.17) is 10.5 Å². The molecule has 0 radical (unpaired) electrons. The zero-order valence-corrected chi connectivity index (χ0v) is 22.1. The van der Waals surface area contributed by atoms with E-state index >= 15 is 0 Å². The molecule has 1 saturated heterocycles. The number of nitrogens with two attached hydrogens (primary N) is 1. The maximum Gasteiger partial charge on any atom is 0.250 e. The van der Waals surface area contributed by atoms with Crippen LogP contribution in [0.3, 0.4) is 0 Å². The van der Waals surface area contributed by atoms with Crippen LogP contribution >= 0.6 is 0 Å². The van der Waals surface area contributed by atoms with Gasteiger partial charge in [0.1, 0.15) is 17.5 Å². The molecule has 0 aromatic carbocycles. The number of ether oxygens (including phenoxy) is 1. The van der Waals surface area contributed by atoms with Crippen LogP contribution in [0.1, 0.15) is 18.3 Å². The van der Waals surface area contributed by atoms with E-state index < -0.39 is 15.8 Å². The lowest BCUT2D eigenvalue weighted by Crippen LogP contribution is -2.53. The van der Waals surface area contributed by atoms with Crippen LogP contribution in [-0.4, -0.2) is 83.1 Å². The van der Waals surface area contributed by atoms with Crippen molar-refractivity contribution >= 4 is 27.3 Å². The number of aryl methyl sites for hydroxylation is 1. The lowest BCUT2D eigenvalue weighted by Gasteiger charge is -2.38. The van der Waals surface area contributed by atoms with Crippen molar-refractivity contribution in [3.05, 3.63) is 47.8 Å². The predicted octanol–water partition coefficient (Wildman–Crippen LogP) is 2.22. The van der Waals surface area contributed by atoms with E-state index in [2.05, 4.69) is 30.2 Å². The first-order valence-corrected chi connectivity index (χ1v) is 13.6. The lowest BCUT2D eigenvalue weighted by molar-refractivity contribution is 0.131. The molecule has 1 aliphatic rings. The Morgan fingerprint density at radius 1 is 1.19 bits per heavy atom. The molecule has 4 rings (SSSR count). The summed E-state index contributed by atoms with van der Waals surface area (Å²) in [6, 6.07) is 5.01. The molecule has 13 heteroatoms. The van der Waals surface area contributed by atoms with Crippen molar-refractivity contribution in [2.45, 2.75) is 26.3 Å². The summed E-state index contributed by atoms with van der Waals surface area (Å²) in [5.74, 6) is 0.607. The Kier molecular flexibility index (Phi) is 7.85. The van der Waals surface area contributed by atoms with Crippen molar-refractivity contribution in [3.8, 4) is 17.1 Å². The van der Waals surface area contributed by atoms with E-state index in [0.29, 0.717) is 60.5 Å². The van der Waals surface area contributed by atoms with E-state index in [0.717, 1.165) is 12.1 Å². The van der Waals surface area contributed by atoms with Gasteiger partial charge in [-0.2, -0.15) is 4.31 Å². The number of nitrogens with zero attached hydrogens (tertiary/aromatic N) is 6. The van der Waals surface area contributed by atoms with Crippen LogP contribution in [0.5, 0.6) is 5.88 Å². The molecule has 0 saturated carbocycles. The summed E-state index contributed by atoms with van der Waals surface area (Å²) in [6.07, 6.45) is 5.16. The minimum absolute atomic E-state index is 0.0959.